The Morgan fingerprint density at radius 1 is 1.17 bits per heavy atom. The molecule has 0 aliphatic rings. The Kier molecular flexibility index (Phi) is 5.60. The van der Waals surface area contributed by atoms with Crippen molar-refractivity contribution in [3.05, 3.63) is 58.6 Å². The molecule has 0 heterocycles. The third-order valence-corrected chi connectivity index (χ3v) is 3.39. The van der Waals surface area contributed by atoms with Gasteiger partial charge in [0.15, 0.2) is 6.61 Å². The average Bonchev–Trinajstić information content (AvgIpc) is 2.54. The second kappa shape index (κ2) is 7.65. The Balaban J connectivity index is 1.98. The molecule has 5 nitrogen and oxygen atoms in total. The number of hydrogen-bond acceptors (Lipinski definition) is 4. The van der Waals surface area contributed by atoms with Crippen molar-refractivity contribution in [2.75, 3.05) is 19.0 Å². The first kappa shape index (κ1) is 16.8. The van der Waals surface area contributed by atoms with Gasteiger partial charge in [0.05, 0.1) is 17.8 Å². The number of amides is 1. The number of anilines is 1. The van der Waals surface area contributed by atoms with Gasteiger partial charge in [-0.05, 0) is 31.2 Å². The summed E-state index contributed by atoms with van der Waals surface area (Å²) in [5.74, 6) is -0.704. The maximum absolute atomic E-state index is 12.1. The van der Waals surface area contributed by atoms with Crippen LogP contribution in [0.4, 0.5) is 5.69 Å². The van der Waals surface area contributed by atoms with Gasteiger partial charge in [0, 0.05) is 0 Å². The van der Waals surface area contributed by atoms with Crippen LogP contribution in [0.25, 0.3) is 0 Å². The molecule has 0 spiro atoms. The summed E-state index contributed by atoms with van der Waals surface area (Å²) >= 11 is 5.94. The van der Waals surface area contributed by atoms with E-state index in [2.05, 4.69) is 5.32 Å². The number of carbonyl (C=O) groups is 2. The zero-order valence-electron chi connectivity index (χ0n) is 12.8. The normalized spacial score (nSPS) is 10.0. The van der Waals surface area contributed by atoms with E-state index in [-0.39, 0.29) is 5.56 Å². The monoisotopic (exact) mass is 333 g/mol. The van der Waals surface area contributed by atoms with Crippen molar-refractivity contribution >= 4 is 29.2 Å². The van der Waals surface area contributed by atoms with Crippen LogP contribution >= 0.6 is 11.6 Å². The van der Waals surface area contributed by atoms with Crippen LogP contribution < -0.4 is 10.1 Å². The Morgan fingerprint density at radius 2 is 1.91 bits per heavy atom. The molecule has 0 fully saturated rings. The van der Waals surface area contributed by atoms with E-state index < -0.39 is 18.5 Å². The molecule has 0 radical (unpaired) electrons. The van der Waals surface area contributed by atoms with Gasteiger partial charge in [0.2, 0.25) is 0 Å². The van der Waals surface area contributed by atoms with Gasteiger partial charge in [-0.1, -0.05) is 35.4 Å². The minimum absolute atomic E-state index is 0.276. The van der Waals surface area contributed by atoms with Crippen LogP contribution in [-0.2, 0) is 9.53 Å². The van der Waals surface area contributed by atoms with Gasteiger partial charge >= 0.3 is 5.97 Å². The van der Waals surface area contributed by atoms with Crippen LogP contribution in [-0.4, -0.2) is 25.6 Å². The maximum atomic E-state index is 12.1. The van der Waals surface area contributed by atoms with Crippen molar-refractivity contribution in [3.63, 3.8) is 0 Å². The lowest BCUT2D eigenvalue weighted by molar-refractivity contribution is -0.119. The summed E-state index contributed by atoms with van der Waals surface area (Å²) in [7, 11) is 1.46. The number of esters is 1. The van der Waals surface area contributed by atoms with E-state index in [9.17, 15) is 9.59 Å². The molecule has 0 saturated carbocycles. The van der Waals surface area contributed by atoms with Crippen molar-refractivity contribution in [3.8, 4) is 5.75 Å². The standard InChI is InChI=1S/C17H16ClNO4/c1-11-7-8-15(22-2)12(9-11)17(21)23-10-16(20)19-14-6-4-3-5-13(14)18/h3-9H,10H2,1-2H3,(H,19,20). The van der Waals surface area contributed by atoms with Crippen LogP contribution in [0.1, 0.15) is 15.9 Å². The van der Waals surface area contributed by atoms with Gasteiger partial charge in [0.1, 0.15) is 11.3 Å². The SMILES string of the molecule is COc1ccc(C)cc1C(=O)OCC(=O)Nc1ccccc1Cl. The van der Waals surface area contributed by atoms with Crippen LogP contribution in [0.15, 0.2) is 42.5 Å². The van der Waals surface area contributed by atoms with Gasteiger partial charge < -0.3 is 14.8 Å². The van der Waals surface area contributed by atoms with Crippen LogP contribution in [0.5, 0.6) is 5.75 Å². The van der Waals surface area contributed by atoms with Gasteiger partial charge in [-0.3, -0.25) is 4.79 Å². The predicted octanol–water partition coefficient (Wildman–Crippen LogP) is 3.45. The third-order valence-electron chi connectivity index (χ3n) is 3.06. The molecule has 0 aromatic heterocycles. The Hall–Kier alpha value is -2.53. The van der Waals surface area contributed by atoms with Crippen molar-refractivity contribution in [2.45, 2.75) is 6.92 Å². The average molecular weight is 334 g/mol. The smallest absolute Gasteiger partial charge is 0.342 e. The second-order valence-electron chi connectivity index (χ2n) is 4.81. The van der Waals surface area contributed by atoms with Gasteiger partial charge in [-0.25, -0.2) is 4.79 Å². The first-order valence-corrected chi connectivity index (χ1v) is 7.25. The highest BCUT2D eigenvalue weighted by atomic mass is 35.5. The van der Waals surface area contributed by atoms with Gasteiger partial charge in [0.25, 0.3) is 5.91 Å². The molecular weight excluding hydrogens is 318 g/mol. The molecule has 0 atom stereocenters. The lowest BCUT2D eigenvalue weighted by Crippen LogP contribution is -2.21. The molecule has 0 aliphatic heterocycles. The van der Waals surface area contributed by atoms with E-state index >= 15 is 0 Å². The summed E-state index contributed by atoms with van der Waals surface area (Å²) in [6.45, 7) is 1.43. The summed E-state index contributed by atoms with van der Waals surface area (Å²) in [5.41, 5.74) is 1.62. The topological polar surface area (TPSA) is 64.6 Å². The summed E-state index contributed by atoms with van der Waals surface area (Å²) in [6, 6.07) is 11.9. The third kappa shape index (κ3) is 4.47. The Labute approximate surface area is 139 Å². The molecule has 2 rings (SSSR count). The number of methoxy groups -OCH3 is 1. The molecule has 6 heteroatoms. The minimum Gasteiger partial charge on any atom is -0.496 e. The number of carbonyl (C=O) groups excluding carboxylic acids is 2. The number of benzene rings is 2. The zero-order valence-corrected chi connectivity index (χ0v) is 13.5. The molecule has 2 aromatic carbocycles. The van der Waals surface area contributed by atoms with Crippen molar-refractivity contribution < 1.29 is 19.1 Å². The van der Waals surface area contributed by atoms with E-state index in [4.69, 9.17) is 21.1 Å². The van der Waals surface area contributed by atoms with Crippen molar-refractivity contribution in [1.82, 2.24) is 0 Å². The fourth-order valence-corrected chi connectivity index (χ4v) is 2.12. The van der Waals surface area contributed by atoms with Gasteiger partial charge in [-0.15, -0.1) is 0 Å². The molecule has 0 aliphatic carbocycles. The molecule has 0 bridgehead atoms. The highest BCUT2D eigenvalue weighted by Crippen LogP contribution is 2.21. The number of rotatable bonds is 5. The molecular formula is C17H16ClNO4. The Morgan fingerprint density at radius 3 is 2.61 bits per heavy atom. The number of para-hydroxylation sites is 1. The van der Waals surface area contributed by atoms with E-state index in [1.54, 1.807) is 36.4 Å². The quantitative estimate of drug-likeness (QED) is 0.851. The molecule has 1 N–H and O–H groups in total. The molecule has 0 saturated heterocycles. The second-order valence-corrected chi connectivity index (χ2v) is 5.22. The highest BCUT2D eigenvalue weighted by Gasteiger charge is 2.16. The molecule has 0 unspecified atom stereocenters. The van der Waals surface area contributed by atoms with Gasteiger partial charge in [-0.2, -0.15) is 0 Å². The van der Waals surface area contributed by atoms with Crippen LogP contribution in [0, 0.1) is 6.92 Å². The summed E-state index contributed by atoms with van der Waals surface area (Å²) in [4.78, 5) is 23.9. The number of hydrogen-bond donors (Lipinski definition) is 1. The van der Waals surface area contributed by atoms with Crippen LogP contribution in [0.2, 0.25) is 5.02 Å². The van der Waals surface area contributed by atoms with E-state index in [1.165, 1.54) is 7.11 Å². The van der Waals surface area contributed by atoms with E-state index in [0.717, 1.165) is 5.56 Å². The maximum Gasteiger partial charge on any atom is 0.342 e. The fraction of sp³-hybridized carbons (Fsp3) is 0.176. The largest absolute Gasteiger partial charge is 0.496 e. The number of nitrogens with one attached hydrogen (secondary N) is 1. The van der Waals surface area contributed by atoms with E-state index in [1.807, 2.05) is 13.0 Å². The number of ether oxygens (including phenoxy) is 2. The molecule has 120 valence electrons. The molecule has 2 aromatic rings. The predicted molar refractivity (Wildman–Crippen MR) is 88.1 cm³/mol. The minimum atomic E-state index is -0.625. The lowest BCUT2D eigenvalue weighted by atomic mass is 10.1. The van der Waals surface area contributed by atoms with Crippen molar-refractivity contribution in [1.29, 1.82) is 0 Å². The first-order chi connectivity index (χ1) is 11.0. The Bertz CT molecular complexity index is 730. The summed E-state index contributed by atoms with van der Waals surface area (Å²) in [5, 5.41) is 2.99. The fourth-order valence-electron chi connectivity index (χ4n) is 1.94. The van der Waals surface area contributed by atoms with E-state index in [0.29, 0.717) is 16.5 Å². The molecule has 1 amide bonds. The molecule has 23 heavy (non-hydrogen) atoms. The number of halogens is 1. The zero-order chi connectivity index (χ0) is 16.8. The highest BCUT2D eigenvalue weighted by molar-refractivity contribution is 6.33. The first-order valence-electron chi connectivity index (χ1n) is 6.87. The summed E-state index contributed by atoms with van der Waals surface area (Å²) < 4.78 is 10.1. The van der Waals surface area contributed by atoms with Crippen molar-refractivity contribution in [2.24, 2.45) is 0 Å². The van der Waals surface area contributed by atoms with Crippen LogP contribution in [0.3, 0.4) is 0 Å². The lowest BCUT2D eigenvalue weighted by Gasteiger charge is -2.10. The summed E-state index contributed by atoms with van der Waals surface area (Å²) in [6.07, 6.45) is 0. The number of aryl methyl sites for hydroxylation is 1.